The van der Waals surface area contributed by atoms with Crippen LogP contribution < -0.4 is 0 Å². The van der Waals surface area contributed by atoms with Crippen molar-refractivity contribution < 1.29 is 9.90 Å². The predicted molar refractivity (Wildman–Crippen MR) is 75.2 cm³/mol. The van der Waals surface area contributed by atoms with E-state index in [1.807, 2.05) is 49.4 Å². The molecule has 0 bridgehead atoms. The SMILES string of the molecule is CCSc1ccc(-c2ccccc2)cc1C(=O)O. The third kappa shape index (κ3) is 2.74. The summed E-state index contributed by atoms with van der Waals surface area (Å²) in [6.45, 7) is 2.02. The number of benzene rings is 2. The van der Waals surface area contributed by atoms with E-state index in [-0.39, 0.29) is 0 Å². The van der Waals surface area contributed by atoms with Crippen molar-refractivity contribution in [2.75, 3.05) is 5.75 Å². The fourth-order valence-corrected chi connectivity index (χ4v) is 2.57. The van der Waals surface area contributed by atoms with E-state index in [0.29, 0.717) is 5.56 Å². The molecule has 0 spiro atoms. The Bertz CT molecular complexity index is 550. The van der Waals surface area contributed by atoms with Crippen LogP contribution in [0.2, 0.25) is 0 Å². The highest BCUT2D eigenvalue weighted by Gasteiger charge is 2.11. The Morgan fingerprint density at radius 3 is 2.44 bits per heavy atom. The van der Waals surface area contributed by atoms with Gasteiger partial charge in [0.2, 0.25) is 0 Å². The van der Waals surface area contributed by atoms with Crippen molar-refractivity contribution in [3.8, 4) is 11.1 Å². The Morgan fingerprint density at radius 1 is 1.11 bits per heavy atom. The zero-order chi connectivity index (χ0) is 13.0. The maximum Gasteiger partial charge on any atom is 0.336 e. The number of carboxylic acid groups (broad SMARTS) is 1. The quantitative estimate of drug-likeness (QED) is 0.836. The normalized spacial score (nSPS) is 10.3. The Morgan fingerprint density at radius 2 is 1.83 bits per heavy atom. The van der Waals surface area contributed by atoms with Gasteiger partial charge in [0.25, 0.3) is 0 Å². The molecule has 0 heterocycles. The molecule has 92 valence electrons. The van der Waals surface area contributed by atoms with Crippen LogP contribution in [0.5, 0.6) is 0 Å². The van der Waals surface area contributed by atoms with Gasteiger partial charge < -0.3 is 5.11 Å². The number of aromatic carboxylic acids is 1. The average Bonchev–Trinajstić information content (AvgIpc) is 2.40. The first-order valence-corrected chi connectivity index (χ1v) is 6.76. The van der Waals surface area contributed by atoms with E-state index in [4.69, 9.17) is 0 Å². The molecular weight excluding hydrogens is 244 g/mol. The van der Waals surface area contributed by atoms with Crippen molar-refractivity contribution in [3.63, 3.8) is 0 Å². The number of hydrogen-bond acceptors (Lipinski definition) is 2. The van der Waals surface area contributed by atoms with E-state index < -0.39 is 5.97 Å². The lowest BCUT2D eigenvalue weighted by Crippen LogP contribution is -1.99. The highest BCUT2D eigenvalue weighted by Crippen LogP contribution is 2.28. The van der Waals surface area contributed by atoms with Crippen LogP contribution in [0.15, 0.2) is 53.4 Å². The highest BCUT2D eigenvalue weighted by atomic mass is 32.2. The van der Waals surface area contributed by atoms with Gasteiger partial charge in [0.1, 0.15) is 0 Å². The van der Waals surface area contributed by atoms with Crippen molar-refractivity contribution in [1.29, 1.82) is 0 Å². The van der Waals surface area contributed by atoms with Crippen molar-refractivity contribution in [1.82, 2.24) is 0 Å². The lowest BCUT2D eigenvalue weighted by molar-refractivity contribution is 0.0693. The molecular formula is C15H14O2S. The van der Waals surface area contributed by atoms with Crippen LogP contribution in [0.25, 0.3) is 11.1 Å². The molecule has 0 atom stereocenters. The number of carbonyl (C=O) groups is 1. The van der Waals surface area contributed by atoms with Crippen LogP contribution >= 0.6 is 11.8 Å². The first-order valence-electron chi connectivity index (χ1n) is 5.78. The van der Waals surface area contributed by atoms with Crippen LogP contribution in [-0.2, 0) is 0 Å². The van der Waals surface area contributed by atoms with Crippen LogP contribution in [0.3, 0.4) is 0 Å². The van der Waals surface area contributed by atoms with Gasteiger partial charge in [0, 0.05) is 4.90 Å². The van der Waals surface area contributed by atoms with Crippen molar-refractivity contribution in [2.24, 2.45) is 0 Å². The Labute approximate surface area is 111 Å². The van der Waals surface area contributed by atoms with Crippen LogP contribution in [0.4, 0.5) is 0 Å². The first kappa shape index (κ1) is 12.7. The Hall–Kier alpha value is -1.74. The van der Waals surface area contributed by atoms with Gasteiger partial charge in [-0.2, -0.15) is 0 Å². The van der Waals surface area contributed by atoms with Gasteiger partial charge in [-0.3, -0.25) is 0 Å². The van der Waals surface area contributed by atoms with E-state index in [0.717, 1.165) is 21.8 Å². The molecule has 0 amide bonds. The van der Waals surface area contributed by atoms with E-state index in [1.165, 1.54) is 0 Å². The second-order valence-electron chi connectivity index (χ2n) is 3.82. The fourth-order valence-electron chi connectivity index (χ4n) is 1.79. The standard InChI is InChI=1S/C15H14O2S/c1-2-18-14-9-8-12(10-13(14)15(16)17)11-6-4-3-5-7-11/h3-10H,2H2,1H3,(H,16,17). The van der Waals surface area contributed by atoms with Crippen molar-refractivity contribution in [2.45, 2.75) is 11.8 Å². The number of rotatable bonds is 4. The molecule has 2 nitrogen and oxygen atoms in total. The molecule has 0 aliphatic carbocycles. The van der Waals surface area contributed by atoms with E-state index in [1.54, 1.807) is 17.8 Å². The number of hydrogen-bond donors (Lipinski definition) is 1. The van der Waals surface area contributed by atoms with Crippen molar-refractivity contribution in [3.05, 3.63) is 54.1 Å². The smallest absolute Gasteiger partial charge is 0.336 e. The molecule has 2 aromatic carbocycles. The highest BCUT2D eigenvalue weighted by molar-refractivity contribution is 7.99. The third-order valence-corrected chi connectivity index (χ3v) is 3.57. The average molecular weight is 258 g/mol. The second-order valence-corrected chi connectivity index (χ2v) is 5.12. The topological polar surface area (TPSA) is 37.3 Å². The summed E-state index contributed by atoms with van der Waals surface area (Å²) in [7, 11) is 0. The molecule has 2 aromatic rings. The molecule has 0 unspecified atom stereocenters. The maximum atomic E-state index is 11.3. The molecule has 1 N–H and O–H groups in total. The Kier molecular flexibility index (Phi) is 4.05. The van der Waals surface area contributed by atoms with Crippen LogP contribution in [0.1, 0.15) is 17.3 Å². The Balaban J connectivity index is 2.46. The molecule has 0 aliphatic heterocycles. The molecule has 2 rings (SSSR count). The molecule has 0 aromatic heterocycles. The van der Waals surface area contributed by atoms with Crippen molar-refractivity contribution >= 4 is 17.7 Å². The first-order chi connectivity index (χ1) is 8.72. The lowest BCUT2D eigenvalue weighted by atomic mass is 10.0. The molecule has 0 radical (unpaired) electrons. The second kappa shape index (κ2) is 5.74. The van der Waals surface area contributed by atoms with E-state index in [2.05, 4.69) is 0 Å². The van der Waals surface area contributed by atoms with Gasteiger partial charge in [0.15, 0.2) is 0 Å². The zero-order valence-corrected chi connectivity index (χ0v) is 10.9. The minimum absolute atomic E-state index is 0.378. The summed E-state index contributed by atoms with van der Waals surface area (Å²) in [6.07, 6.45) is 0. The third-order valence-electron chi connectivity index (χ3n) is 2.62. The zero-order valence-electron chi connectivity index (χ0n) is 10.1. The van der Waals surface area contributed by atoms with Gasteiger partial charge in [-0.25, -0.2) is 4.79 Å². The maximum absolute atomic E-state index is 11.3. The minimum atomic E-state index is -0.872. The molecule has 0 aliphatic rings. The fraction of sp³-hybridized carbons (Fsp3) is 0.133. The molecule has 3 heteroatoms. The van der Waals surface area contributed by atoms with Gasteiger partial charge in [-0.15, -0.1) is 11.8 Å². The van der Waals surface area contributed by atoms with Gasteiger partial charge in [-0.05, 0) is 29.0 Å². The molecule has 0 fully saturated rings. The minimum Gasteiger partial charge on any atom is -0.478 e. The summed E-state index contributed by atoms with van der Waals surface area (Å²) in [6, 6.07) is 15.4. The van der Waals surface area contributed by atoms with E-state index in [9.17, 15) is 9.90 Å². The predicted octanol–water partition coefficient (Wildman–Crippen LogP) is 4.16. The molecule has 0 saturated heterocycles. The summed E-state index contributed by atoms with van der Waals surface area (Å²) in [5.74, 6) is -0.00551. The largest absolute Gasteiger partial charge is 0.478 e. The molecule has 0 saturated carbocycles. The summed E-state index contributed by atoms with van der Waals surface area (Å²) >= 11 is 1.55. The van der Waals surface area contributed by atoms with Crippen LogP contribution in [0, 0.1) is 0 Å². The summed E-state index contributed by atoms with van der Waals surface area (Å²) in [4.78, 5) is 12.1. The van der Waals surface area contributed by atoms with Gasteiger partial charge >= 0.3 is 5.97 Å². The summed E-state index contributed by atoms with van der Waals surface area (Å²) in [5, 5.41) is 9.25. The van der Waals surface area contributed by atoms with Gasteiger partial charge in [0.05, 0.1) is 5.56 Å². The monoisotopic (exact) mass is 258 g/mol. The van der Waals surface area contributed by atoms with E-state index >= 15 is 0 Å². The summed E-state index contributed by atoms with van der Waals surface area (Å²) in [5.41, 5.74) is 2.35. The van der Waals surface area contributed by atoms with Crippen LogP contribution in [-0.4, -0.2) is 16.8 Å². The number of thioether (sulfide) groups is 1. The lowest BCUT2D eigenvalue weighted by Gasteiger charge is -2.08. The number of carboxylic acids is 1. The molecule has 18 heavy (non-hydrogen) atoms. The summed E-state index contributed by atoms with van der Waals surface area (Å²) < 4.78 is 0. The van der Waals surface area contributed by atoms with Gasteiger partial charge in [-0.1, -0.05) is 43.3 Å².